The van der Waals surface area contributed by atoms with Gasteiger partial charge in [0, 0.05) is 11.8 Å². The van der Waals surface area contributed by atoms with Crippen LogP contribution in [0.2, 0.25) is 0 Å². The summed E-state index contributed by atoms with van der Waals surface area (Å²) in [7, 11) is 0. The molecule has 0 aliphatic carbocycles. The van der Waals surface area contributed by atoms with Crippen LogP contribution in [0.3, 0.4) is 0 Å². The molecule has 0 aromatic heterocycles. The van der Waals surface area contributed by atoms with Gasteiger partial charge in [-0.2, -0.15) is 0 Å². The van der Waals surface area contributed by atoms with Crippen molar-refractivity contribution in [2.75, 3.05) is 16.8 Å². The van der Waals surface area contributed by atoms with Crippen molar-refractivity contribution in [1.29, 1.82) is 0 Å². The van der Waals surface area contributed by atoms with E-state index in [0.29, 0.717) is 23.7 Å². The Kier molecular flexibility index (Phi) is 6.55. The molecule has 164 valence electrons. The second kappa shape index (κ2) is 9.87. The summed E-state index contributed by atoms with van der Waals surface area (Å²) in [5.74, 6) is 0.487. The summed E-state index contributed by atoms with van der Waals surface area (Å²) in [5.41, 5.74) is 2.91. The van der Waals surface area contributed by atoms with E-state index in [4.69, 9.17) is 14.2 Å². The van der Waals surface area contributed by atoms with E-state index >= 15 is 0 Å². The van der Waals surface area contributed by atoms with Crippen molar-refractivity contribution in [3.05, 3.63) is 90.0 Å². The molecule has 0 fully saturated rings. The molecule has 1 aliphatic rings. The maximum atomic E-state index is 12.8. The Hall–Kier alpha value is -4.00. The zero-order chi connectivity index (χ0) is 22.3. The third-order valence-electron chi connectivity index (χ3n) is 5.00. The summed E-state index contributed by atoms with van der Waals surface area (Å²) in [5, 5.41) is 2.69. The fourth-order valence-corrected chi connectivity index (χ4v) is 3.37. The number of nitrogens with zero attached hydrogens (tertiary/aromatic N) is 1. The first kappa shape index (κ1) is 21.2. The fraction of sp³-hybridized carbons (Fsp3) is 0.200. The molecule has 0 bridgehead atoms. The van der Waals surface area contributed by atoms with Crippen LogP contribution in [0.1, 0.15) is 18.1 Å². The fourth-order valence-electron chi connectivity index (χ4n) is 3.37. The van der Waals surface area contributed by atoms with Crippen molar-refractivity contribution in [1.82, 2.24) is 0 Å². The smallest absolute Gasteiger partial charge is 0.415 e. The summed E-state index contributed by atoms with van der Waals surface area (Å²) in [6.45, 7) is 2.56. The first-order valence-corrected chi connectivity index (χ1v) is 10.3. The van der Waals surface area contributed by atoms with Crippen LogP contribution in [0.15, 0.2) is 78.9 Å². The zero-order valence-corrected chi connectivity index (χ0v) is 17.7. The minimum absolute atomic E-state index is 0.173. The van der Waals surface area contributed by atoms with Crippen molar-refractivity contribution in [2.24, 2.45) is 0 Å². The molecule has 0 saturated heterocycles. The molecule has 32 heavy (non-hydrogen) atoms. The molecule has 4 rings (SSSR count). The van der Waals surface area contributed by atoms with Crippen molar-refractivity contribution in [3.63, 3.8) is 0 Å². The van der Waals surface area contributed by atoms with Crippen LogP contribution in [-0.4, -0.2) is 24.8 Å². The van der Waals surface area contributed by atoms with Gasteiger partial charge in [0.2, 0.25) is 0 Å². The van der Waals surface area contributed by atoms with E-state index in [-0.39, 0.29) is 19.3 Å². The number of carbonyl (C=O) groups excluding carboxylic acids is 2. The van der Waals surface area contributed by atoms with Gasteiger partial charge in [0.15, 0.2) is 0 Å². The number of amides is 2. The van der Waals surface area contributed by atoms with Gasteiger partial charge in [-0.25, -0.2) is 9.59 Å². The Balaban J connectivity index is 1.40. The average molecular weight is 432 g/mol. The molecule has 0 saturated carbocycles. The Bertz CT molecular complexity index is 1070. The molecule has 1 unspecified atom stereocenters. The summed E-state index contributed by atoms with van der Waals surface area (Å²) in [6, 6.07) is 23.8. The molecule has 1 atom stereocenters. The Morgan fingerprint density at radius 1 is 0.938 bits per heavy atom. The van der Waals surface area contributed by atoms with E-state index in [1.54, 1.807) is 23.1 Å². The van der Waals surface area contributed by atoms with Crippen LogP contribution in [-0.2, 0) is 22.7 Å². The van der Waals surface area contributed by atoms with Gasteiger partial charge in [0.1, 0.15) is 25.6 Å². The van der Waals surface area contributed by atoms with Crippen LogP contribution in [0, 0.1) is 0 Å². The third kappa shape index (κ3) is 5.18. The molecule has 3 aromatic rings. The lowest BCUT2D eigenvalue weighted by atomic mass is 10.1. The van der Waals surface area contributed by atoms with E-state index in [9.17, 15) is 9.59 Å². The van der Waals surface area contributed by atoms with E-state index in [1.165, 1.54) is 0 Å². The Morgan fingerprint density at radius 3 is 2.22 bits per heavy atom. The van der Waals surface area contributed by atoms with Crippen LogP contribution in [0.5, 0.6) is 5.75 Å². The summed E-state index contributed by atoms with van der Waals surface area (Å²) in [6.07, 6.45) is -1.02. The molecular weight excluding hydrogens is 408 g/mol. The number of hydrogen-bond donors (Lipinski definition) is 1. The second-order valence-corrected chi connectivity index (χ2v) is 7.44. The predicted octanol–water partition coefficient (Wildman–Crippen LogP) is 5.36. The minimum Gasteiger partial charge on any atom is -0.489 e. The lowest BCUT2D eigenvalue weighted by Crippen LogP contribution is -2.45. The van der Waals surface area contributed by atoms with Crippen molar-refractivity contribution >= 4 is 23.6 Å². The molecule has 1 heterocycles. The zero-order valence-electron chi connectivity index (χ0n) is 17.7. The van der Waals surface area contributed by atoms with E-state index < -0.39 is 12.2 Å². The van der Waals surface area contributed by atoms with Crippen molar-refractivity contribution in [3.8, 4) is 5.75 Å². The summed E-state index contributed by atoms with van der Waals surface area (Å²) >= 11 is 0. The molecule has 1 aliphatic heterocycles. The van der Waals surface area contributed by atoms with Crippen LogP contribution in [0.4, 0.5) is 21.0 Å². The number of nitrogens with one attached hydrogen (secondary N) is 1. The minimum atomic E-state index is -0.572. The summed E-state index contributed by atoms with van der Waals surface area (Å²) < 4.78 is 16.5. The molecular formula is C25H24N2O5. The summed E-state index contributed by atoms with van der Waals surface area (Å²) in [4.78, 5) is 26.5. The predicted molar refractivity (Wildman–Crippen MR) is 121 cm³/mol. The molecule has 0 radical (unpaired) electrons. The lowest BCUT2D eigenvalue weighted by Gasteiger charge is -2.34. The largest absolute Gasteiger partial charge is 0.489 e. The maximum Gasteiger partial charge on any atom is 0.415 e. The molecule has 1 N–H and O–H groups in total. The quantitative estimate of drug-likeness (QED) is 0.587. The highest BCUT2D eigenvalue weighted by atomic mass is 16.6. The lowest BCUT2D eigenvalue weighted by molar-refractivity contribution is 0.139. The molecule has 2 amide bonds. The maximum absolute atomic E-state index is 12.8. The van der Waals surface area contributed by atoms with Crippen LogP contribution in [0.25, 0.3) is 0 Å². The number of ether oxygens (including phenoxy) is 3. The van der Waals surface area contributed by atoms with E-state index in [1.807, 2.05) is 67.6 Å². The third-order valence-corrected chi connectivity index (χ3v) is 5.00. The SMILES string of the molecule is CC1COc2cc(NC(=O)OCc3ccccc3)ccc2N1C(=O)OCc1ccccc1. The number of benzene rings is 3. The van der Waals surface area contributed by atoms with Gasteiger partial charge < -0.3 is 14.2 Å². The van der Waals surface area contributed by atoms with Gasteiger partial charge in [-0.05, 0) is 30.2 Å². The molecule has 0 spiro atoms. The number of hydrogen-bond acceptors (Lipinski definition) is 5. The Labute approximate surface area is 186 Å². The first-order valence-electron chi connectivity index (χ1n) is 10.3. The van der Waals surface area contributed by atoms with Gasteiger partial charge in [-0.1, -0.05) is 60.7 Å². The number of fused-ring (bicyclic) bond motifs is 1. The van der Waals surface area contributed by atoms with Crippen LogP contribution >= 0.6 is 0 Å². The van der Waals surface area contributed by atoms with E-state index in [2.05, 4.69) is 5.32 Å². The standard InChI is InChI=1S/C25H24N2O5/c1-18-15-30-23-14-21(26-24(28)31-16-19-8-4-2-5-9-19)12-13-22(23)27(18)25(29)32-17-20-10-6-3-7-11-20/h2-14,18H,15-17H2,1H3,(H,26,28). The highest BCUT2D eigenvalue weighted by Crippen LogP contribution is 2.36. The normalized spacial score (nSPS) is 14.7. The van der Waals surface area contributed by atoms with Crippen molar-refractivity contribution < 1.29 is 23.8 Å². The number of carbonyl (C=O) groups is 2. The van der Waals surface area contributed by atoms with Gasteiger partial charge in [-0.15, -0.1) is 0 Å². The van der Waals surface area contributed by atoms with Crippen molar-refractivity contribution in [2.45, 2.75) is 26.2 Å². The number of anilines is 2. The van der Waals surface area contributed by atoms with E-state index in [0.717, 1.165) is 11.1 Å². The number of rotatable bonds is 5. The van der Waals surface area contributed by atoms with Gasteiger partial charge in [0.05, 0.1) is 11.7 Å². The Morgan fingerprint density at radius 2 is 1.56 bits per heavy atom. The molecule has 7 heteroatoms. The highest BCUT2D eigenvalue weighted by Gasteiger charge is 2.31. The molecule has 7 nitrogen and oxygen atoms in total. The van der Waals surface area contributed by atoms with Gasteiger partial charge in [0.25, 0.3) is 0 Å². The monoisotopic (exact) mass is 432 g/mol. The average Bonchev–Trinajstić information content (AvgIpc) is 2.82. The topological polar surface area (TPSA) is 77.1 Å². The highest BCUT2D eigenvalue weighted by molar-refractivity contribution is 5.92. The first-order chi connectivity index (χ1) is 15.6. The second-order valence-electron chi connectivity index (χ2n) is 7.44. The molecule has 3 aromatic carbocycles. The van der Waals surface area contributed by atoms with Gasteiger partial charge >= 0.3 is 12.2 Å². The van der Waals surface area contributed by atoms with Gasteiger partial charge in [-0.3, -0.25) is 10.2 Å². The van der Waals surface area contributed by atoms with Crippen LogP contribution < -0.4 is 15.0 Å².